The second-order valence-corrected chi connectivity index (χ2v) is 4.67. The number of carbonyl (C=O) groups excluding carboxylic acids is 1. The van der Waals surface area contributed by atoms with E-state index in [1.54, 1.807) is 25.1 Å². The molecule has 96 valence electrons. The number of rotatable bonds is 3. The number of anilines is 1. The maximum atomic E-state index is 11.8. The van der Waals surface area contributed by atoms with Crippen molar-refractivity contribution in [3.63, 3.8) is 0 Å². The number of aryl methyl sites for hydroxylation is 1. The van der Waals surface area contributed by atoms with Crippen LogP contribution in [0.3, 0.4) is 0 Å². The van der Waals surface area contributed by atoms with E-state index in [1.165, 1.54) is 0 Å². The highest BCUT2D eigenvalue weighted by atomic mass is 16.3. The van der Waals surface area contributed by atoms with Crippen molar-refractivity contribution in [2.75, 3.05) is 5.32 Å². The predicted octanol–water partition coefficient (Wildman–Crippen LogP) is 2.06. The van der Waals surface area contributed by atoms with Crippen molar-refractivity contribution in [3.05, 3.63) is 24.1 Å². The SMILES string of the molecule is Cc1nc2cc(NC(=O)C(N)C(C)C)ccc2o1. The van der Waals surface area contributed by atoms with Gasteiger partial charge in [-0.15, -0.1) is 0 Å². The van der Waals surface area contributed by atoms with Crippen LogP contribution in [0, 0.1) is 12.8 Å². The minimum absolute atomic E-state index is 0.100. The third-order valence-corrected chi connectivity index (χ3v) is 2.78. The van der Waals surface area contributed by atoms with Gasteiger partial charge in [-0.2, -0.15) is 0 Å². The zero-order chi connectivity index (χ0) is 13.3. The van der Waals surface area contributed by atoms with Crippen molar-refractivity contribution in [2.24, 2.45) is 11.7 Å². The van der Waals surface area contributed by atoms with Crippen molar-refractivity contribution in [3.8, 4) is 0 Å². The Bertz CT molecular complexity index is 575. The molecule has 0 aliphatic rings. The Hall–Kier alpha value is -1.88. The Kier molecular flexibility index (Phi) is 3.34. The Morgan fingerprint density at radius 1 is 1.44 bits per heavy atom. The summed E-state index contributed by atoms with van der Waals surface area (Å²) in [6.07, 6.45) is 0. The van der Waals surface area contributed by atoms with Crippen LogP contribution in [-0.4, -0.2) is 16.9 Å². The second-order valence-electron chi connectivity index (χ2n) is 4.67. The van der Waals surface area contributed by atoms with Crippen molar-refractivity contribution in [2.45, 2.75) is 26.8 Å². The van der Waals surface area contributed by atoms with Gasteiger partial charge in [0.05, 0.1) is 6.04 Å². The van der Waals surface area contributed by atoms with Gasteiger partial charge in [-0.25, -0.2) is 4.98 Å². The Labute approximate surface area is 105 Å². The minimum Gasteiger partial charge on any atom is -0.441 e. The van der Waals surface area contributed by atoms with E-state index < -0.39 is 6.04 Å². The first-order chi connectivity index (χ1) is 8.47. The van der Waals surface area contributed by atoms with Gasteiger partial charge >= 0.3 is 0 Å². The highest BCUT2D eigenvalue weighted by Crippen LogP contribution is 2.19. The number of benzene rings is 1. The van der Waals surface area contributed by atoms with Crippen LogP contribution in [0.15, 0.2) is 22.6 Å². The molecule has 5 heteroatoms. The molecule has 0 spiro atoms. The zero-order valence-electron chi connectivity index (χ0n) is 10.7. The van der Waals surface area contributed by atoms with Gasteiger partial charge in [0.25, 0.3) is 0 Å². The average molecular weight is 247 g/mol. The molecule has 0 saturated carbocycles. The highest BCUT2D eigenvalue weighted by Gasteiger charge is 2.17. The number of carbonyl (C=O) groups is 1. The van der Waals surface area contributed by atoms with Crippen LogP contribution in [0.5, 0.6) is 0 Å². The van der Waals surface area contributed by atoms with Gasteiger partial charge in [-0.05, 0) is 24.1 Å². The molecule has 18 heavy (non-hydrogen) atoms. The molecule has 1 heterocycles. The third-order valence-electron chi connectivity index (χ3n) is 2.78. The quantitative estimate of drug-likeness (QED) is 0.869. The van der Waals surface area contributed by atoms with Crippen LogP contribution in [0.4, 0.5) is 5.69 Å². The van der Waals surface area contributed by atoms with Gasteiger partial charge in [0.15, 0.2) is 11.5 Å². The molecule has 3 N–H and O–H groups in total. The lowest BCUT2D eigenvalue weighted by Gasteiger charge is -2.15. The van der Waals surface area contributed by atoms with Crippen LogP contribution in [-0.2, 0) is 4.79 Å². The van der Waals surface area contributed by atoms with E-state index in [0.717, 1.165) is 5.52 Å². The fourth-order valence-electron chi connectivity index (χ4n) is 1.65. The number of fused-ring (bicyclic) bond motifs is 1. The first-order valence-corrected chi connectivity index (χ1v) is 5.91. The minimum atomic E-state index is -0.514. The summed E-state index contributed by atoms with van der Waals surface area (Å²) in [6.45, 7) is 5.61. The molecular weight excluding hydrogens is 230 g/mol. The molecule has 0 radical (unpaired) electrons. The lowest BCUT2D eigenvalue weighted by Crippen LogP contribution is -2.39. The van der Waals surface area contributed by atoms with E-state index in [-0.39, 0.29) is 11.8 Å². The fourth-order valence-corrected chi connectivity index (χ4v) is 1.65. The molecule has 2 rings (SSSR count). The largest absolute Gasteiger partial charge is 0.441 e. The molecule has 5 nitrogen and oxygen atoms in total. The van der Waals surface area contributed by atoms with Crippen LogP contribution in [0.2, 0.25) is 0 Å². The maximum Gasteiger partial charge on any atom is 0.241 e. The van der Waals surface area contributed by atoms with E-state index >= 15 is 0 Å². The molecule has 1 aromatic carbocycles. The van der Waals surface area contributed by atoms with Crippen LogP contribution in [0.25, 0.3) is 11.1 Å². The van der Waals surface area contributed by atoms with Crippen LogP contribution >= 0.6 is 0 Å². The standard InChI is InChI=1S/C13H17N3O2/c1-7(2)12(14)13(17)16-9-4-5-11-10(6-9)15-8(3)18-11/h4-7,12H,14H2,1-3H3,(H,16,17). The maximum absolute atomic E-state index is 11.8. The summed E-state index contributed by atoms with van der Waals surface area (Å²) >= 11 is 0. The highest BCUT2D eigenvalue weighted by molar-refractivity contribution is 5.96. The molecule has 2 aromatic rings. The first kappa shape index (κ1) is 12.6. The van der Waals surface area contributed by atoms with Gasteiger partial charge in [-0.1, -0.05) is 13.8 Å². The van der Waals surface area contributed by atoms with Gasteiger partial charge in [-0.3, -0.25) is 4.79 Å². The number of oxazole rings is 1. The van der Waals surface area contributed by atoms with Crippen molar-refractivity contribution in [1.29, 1.82) is 0 Å². The van der Waals surface area contributed by atoms with E-state index in [0.29, 0.717) is 17.2 Å². The Balaban J connectivity index is 2.19. The number of hydrogen-bond donors (Lipinski definition) is 2. The third kappa shape index (κ3) is 2.51. The molecular formula is C13H17N3O2. The van der Waals surface area contributed by atoms with E-state index in [9.17, 15) is 4.79 Å². The summed E-state index contributed by atoms with van der Waals surface area (Å²) < 4.78 is 5.37. The summed E-state index contributed by atoms with van der Waals surface area (Å²) in [5, 5.41) is 2.78. The molecule has 0 aliphatic heterocycles. The predicted molar refractivity (Wildman–Crippen MR) is 70.2 cm³/mol. The number of nitrogens with two attached hydrogens (primary N) is 1. The number of amides is 1. The van der Waals surface area contributed by atoms with Crippen LogP contribution in [0.1, 0.15) is 19.7 Å². The number of nitrogens with one attached hydrogen (secondary N) is 1. The summed E-state index contributed by atoms with van der Waals surface area (Å²) in [5.41, 5.74) is 7.89. The molecule has 1 atom stereocenters. The molecule has 0 aliphatic carbocycles. The molecule has 1 unspecified atom stereocenters. The lowest BCUT2D eigenvalue weighted by molar-refractivity contribution is -0.118. The first-order valence-electron chi connectivity index (χ1n) is 5.91. The Morgan fingerprint density at radius 2 is 2.17 bits per heavy atom. The summed E-state index contributed by atoms with van der Waals surface area (Å²) in [7, 11) is 0. The number of aromatic nitrogens is 1. The fraction of sp³-hybridized carbons (Fsp3) is 0.385. The average Bonchev–Trinajstić information content (AvgIpc) is 2.67. The number of nitrogens with zero attached hydrogens (tertiary/aromatic N) is 1. The summed E-state index contributed by atoms with van der Waals surface area (Å²) in [6, 6.07) is 4.82. The smallest absolute Gasteiger partial charge is 0.241 e. The van der Waals surface area contributed by atoms with Crippen LogP contribution < -0.4 is 11.1 Å². The van der Waals surface area contributed by atoms with Gasteiger partial charge < -0.3 is 15.5 Å². The van der Waals surface area contributed by atoms with E-state index in [4.69, 9.17) is 10.2 Å². The molecule has 1 aromatic heterocycles. The van der Waals surface area contributed by atoms with E-state index in [2.05, 4.69) is 10.3 Å². The molecule has 0 fully saturated rings. The van der Waals surface area contributed by atoms with Gasteiger partial charge in [0.2, 0.25) is 5.91 Å². The summed E-state index contributed by atoms with van der Waals surface area (Å²) in [4.78, 5) is 16.0. The van der Waals surface area contributed by atoms with Gasteiger partial charge in [0.1, 0.15) is 5.52 Å². The molecule has 0 saturated heterocycles. The zero-order valence-corrected chi connectivity index (χ0v) is 10.7. The van der Waals surface area contributed by atoms with Crippen molar-refractivity contribution >= 4 is 22.7 Å². The monoisotopic (exact) mass is 247 g/mol. The van der Waals surface area contributed by atoms with Gasteiger partial charge in [0, 0.05) is 12.6 Å². The van der Waals surface area contributed by atoms with Crippen molar-refractivity contribution < 1.29 is 9.21 Å². The lowest BCUT2D eigenvalue weighted by atomic mass is 10.0. The van der Waals surface area contributed by atoms with Crippen molar-refractivity contribution in [1.82, 2.24) is 4.98 Å². The van der Waals surface area contributed by atoms with E-state index in [1.807, 2.05) is 13.8 Å². The molecule has 1 amide bonds. The Morgan fingerprint density at radius 3 is 2.83 bits per heavy atom. The molecule has 0 bridgehead atoms. The number of hydrogen-bond acceptors (Lipinski definition) is 4. The second kappa shape index (κ2) is 4.78. The topological polar surface area (TPSA) is 81.2 Å². The summed E-state index contributed by atoms with van der Waals surface area (Å²) in [5.74, 6) is 0.514. The normalized spacial score (nSPS) is 12.9.